The first-order valence-electron chi connectivity index (χ1n) is 7.97. The summed E-state index contributed by atoms with van der Waals surface area (Å²) in [5.74, 6) is 1.09. The fraction of sp³-hybridized carbons (Fsp3) is 0.0476. The van der Waals surface area contributed by atoms with Crippen LogP contribution in [0.15, 0.2) is 89.9 Å². The van der Waals surface area contributed by atoms with E-state index in [0.717, 1.165) is 28.2 Å². The average Bonchev–Trinajstić information content (AvgIpc) is 3.15. The van der Waals surface area contributed by atoms with Crippen molar-refractivity contribution in [3.63, 3.8) is 0 Å². The molecule has 0 saturated heterocycles. The third kappa shape index (κ3) is 3.19. The van der Waals surface area contributed by atoms with E-state index >= 15 is 0 Å². The van der Waals surface area contributed by atoms with Gasteiger partial charge in [-0.15, -0.1) is 0 Å². The summed E-state index contributed by atoms with van der Waals surface area (Å²) < 4.78 is 19.5. The molecule has 2 aromatic carbocycles. The molecule has 0 aliphatic heterocycles. The summed E-state index contributed by atoms with van der Waals surface area (Å²) in [6.45, 7) is 0. The normalized spacial score (nSPS) is 12.0. The van der Waals surface area contributed by atoms with E-state index in [1.54, 1.807) is 24.5 Å². The van der Waals surface area contributed by atoms with Crippen molar-refractivity contribution in [1.82, 2.24) is 9.97 Å². The Bertz CT molecular complexity index is 950. The van der Waals surface area contributed by atoms with Crippen LogP contribution < -0.4 is 0 Å². The molecule has 0 aliphatic rings. The third-order valence-corrected chi connectivity index (χ3v) is 4.09. The lowest BCUT2D eigenvalue weighted by molar-refractivity contribution is 0.515. The van der Waals surface area contributed by atoms with E-state index in [2.05, 4.69) is 9.97 Å². The van der Waals surface area contributed by atoms with E-state index in [1.807, 2.05) is 42.5 Å². The first-order chi connectivity index (χ1) is 12.3. The SMILES string of the molecule is Fc1ccc(C(c2cncnc2)c2ccc(-c3ccccc3)o2)cc1. The largest absolute Gasteiger partial charge is 0.460 e. The molecule has 2 heterocycles. The molecule has 0 radical (unpaired) electrons. The minimum Gasteiger partial charge on any atom is -0.460 e. The van der Waals surface area contributed by atoms with Crippen LogP contribution in [0.3, 0.4) is 0 Å². The maximum atomic E-state index is 13.3. The predicted molar refractivity (Wildman–Crippen MR) is 93.5 cm³/mol. The van der Waals surface area contributed by atoms with Gasteiger partial charge in [0.25, 0.3) is 0 Å². The van der Waals surface area contributed by atoms with Crippen molar-refractivity contribution in [2.75, 3.05) is 0 Å². The zero-order valence-corrected chi connectivity index (χ0v) is 13.3. The zero-order valence-electron chi connectivity index (χ0n) is 13.3. The molecule has 0 N–H and O–H groups in total. The van der Waals surface area contributed by atoms with Crippen LogP contribution in [0, 0.1) is 5.82 Å². The van der Waals surface area contributed by atoms with Crippen molar-refractivity contribution in [3.8, 4) is 11.3 Å². The Kier molecular flexibility index (Phi) is 4.09. The van der Waals surface area contributed by atoms with Gasteiger partial charge in [-0.3, -0.25) is 0 Å². The standard InChI is InChI=1S/C21H15FN2O/c22-18-8-6-16(7-9-18)21(17-12-23-14-24-13-17)20-11-10-19(25-20)15-4-2-1-3-5-15/h1-14,21H. The second kappa shape index (κ2) is 6.69. The van der Waals surface area contributed by atoms with Gasteiger partial charge in [0.1, 0.15) is 23.7 Å². The maximum absolute atomic E-state index is 13.3. The average molecular weight is 330 g/mol. The summed E-state index contributed by atoms with van der Waals surface area (Å²) in [6, 6.07) is 20.2. The van der Waals surface area contributed by atoms with Gasteiger partial charge < -0.3 is 4.42 Å². The summed E-state index contributed by atoms with van der Waals surface area (Å²) in [4.78, 5) is 8.22. The van der Waals surface area contributed by atoms with Gasteiger partial charge in [-0.05, 0) is 29.8 Å². The first-order valence-corrected chi connectivity index (χ1v) is 7.97. The highest BCUT2D eigenvalue weighted by molar-refractivity contribution is 5.58. The van der Waals surface area contributed by atoms with E-state index in [1.165, 1.54) is 18.5 Å². The Morgan fingerprint density at radius 2 is 1.48 bits per heavy atom. The molecular weight excluding hydrogens is 315 g/mol. The quantitative estimate of drug-likeness (QED) is 0.525. The molecule has 4 aromatic rings. The smallest absolute Gasteiger partial charge is 0.134 e. The second-order valence-corrected chi connectivity index (χ2v) is 5.72. The van der Waals surface area contributed by atoms with E-state index in [0.29, 0.717) is 0 Å². The number of aromatic nitrogens is 2. The van der Waals surface area contributed by atoms with Gasteiger partial charge >= 0.3 is 0 Å². The van der Waals surface area contributed by atoms with Crippen molar-refractivity contribution < 1.29 is 8.81 Å². The zero-order chi connectivity index (χ0) is 17.1. The van der Waals surface area contributed by atoms with Gasteiger partial charge in [0.2, 0.25) is 0 Å². The molecule has 2 aromatic heterocycles. The molecule has 0 bridgehead atoms. The molecule has 4 heteroatoms. The predicted octanol–water partition coefficient (Wildman–Crippen LogP) is 5.06. The molecule has 25 heavy (non-hydrogen) atoms. The number of furan rings is 1. The monoisotopic (exact) mass is 330 g/mol. The molecule has 122 valence electrons. The third-order valence-electron chi connectivity index (χ3n) is 4.09. The fourth-order valence-corrected chi connectivity index (χ4v) is 2.90. The number of hydrogen-bond acceptors (Lipinski definition) is 3. The van der Waals surface area contributed by atoms with Gasteiger partial charge in [-0.2, -0.15) is 0 Å². The number of hydrogen-bond donors (Lipinski definition) is 0. The molecule has 0 amide bonds. The van der Waals surface area contributed by atoms with Crippen molar-refractivity contribution >= 4 is 0 Å². The Labute approximate surface area is 144 Å². The maximum Gasteiger partial charge on any atom is 0.134 e. The minimum atomic E-state index is -0.267. The van der Waals surface area contributed by atoms with Crippen molar-refractivity contribution in [3.05, 3.63) is 108 Å². The minimum absolute atomic E-state index is 0.195. The van der Waals surface area contributed by atoms with Crippen LogP contribution in [-0.2, 0) is 0 Å². The van der Waals surface area contributed by atoms with E-state index in [9.17, 15) is 4.39 Å². The van der Waals surface area contributed by atoms with Crippen molar-refractivity contribution in [2.45, 2.75) is 5.92 Å². The highest BCUT2D eigenvalue weighted by Gasteiger charge is 2.21. The second-order valence-electron chi connectivity index (χ2n) is 5.72. The Morgan fingerprint density at radius 3 is 2.20 bits per heavy atom. The summed E-state index contributed by atoms with van der Waals surface area (Å²) >= 11 is 0. The number of rotatable bonds is 4. The molecule has 1 unspecified atom stereocenters. The van der Waals surface area contributed by atoms with Crippen LogP contribution >= 0.6 is 0 Å². The molecule has 0 saturated carbocycles. The molecule has 0 aliphatic carbocycles. The molecule has 3 nitrogen and oxygen atoms in total. The Morgan fingerprint density at radius 1 is 0.760 bits per heavy atom. The Balaban J connectivity index is 1.79. The van der Waals surface area contributed by atoms with Gasteiger partial charge in [0, 0.05) is 23.5 Å². The van der Waals surface area contributed by atoms with Gasteiger partial charge in [0.15, 0.2) is 0 Å². The topological polar surface area (TPSA) is 38.9 Å². The van der Waals surface area contributed by atoms with Gasteiger partial charge in [0.05, 0.1) is 5.92 Å². The molecule has 0 spiro atoms. The first kappa shape index (κ1) is 15.3. The van der Waals surface area contributed by atoms with Crippen LogP contribution in [0.1, 0.15) is 22.8 Å². The van der Waals surface area contributed by atoms with E-state index in [-0.39, 0.29) is 11.7 Å². The number of halogens is 1. The summed E-state index contributed by atoms with van der Waals surface area (Å²) in [5, 5.41) is 0. The van der Waals surface area contributed by atoms with Crippen LogP contribution in [-0.4, -0.2) is 9.97 Å². The Hall–Kier alpha value is -3.27. The highest BCUT2D eigenvalue weighted by atomic mass is 19.1. The summed E-state index contributed by atoms with van der Waals surface area (Å²) in [5.41, 5.74) is 2.82. The molecule has 0 fully saturated rings. The lowest BCUT2D eigenvalue weighted by atomic mass is 9.91. The van der Waals surface area contributed by atoms with E-state index < -0.39 is 0 Å². The van der Waals surface area contributed by atoms with Gasteiger partial charge in [-0.25, -0.2) is 14.4 Å². The lowest BCUT2D eigenvalue weighted by Gasteiger charge is -2.15. The lowest BCUT2D eigenvalue weighted by Crippen LogP contribution is -2.03. The number of benzene rings is 2. The number of nitrogens with zero attached hydrogens (tertiary/aromatic N) is 2. The highest BCUT2D eigenvalue weighted by Crippen LogP contribution is 2.34. The summed E-state index contributed by atoms with van der Waals surface area (Å²) in [6.07, 6.45) is 5.00. The molecule has 1 atom stereocenters. The molecule has 4 rings (SSSR count). The van der Waals surface area contributed by atoms with Crippen LogP contribution in [0.5, 0.6) is 0 Å². The van der Waals surface area contributed by atoms with Crippen molar-refractivity contribution in [1.29, 1.82) is 0 Å². The fourth-order valence-electron chi connectivity index (χ4n) is 2.90. The summed E-state index contributed by atoms with van der Waals surface area (Å²) in [7, 11) is 0. The van der Waals surface area contributed by atoms with Crippen LogP contribution in [0.2, 0.25) is 0 Å². The van der Waals surface area contributed by atoms with Crippen LogP contribution in [0.4, 0.5) is 4.39 Å². The van der Waals surface area contributed by atoms with Gasteiger partial charge in [-0.1, -0.05) is 42.5 Å². The molecular formula is C21H15FN2O. The van der Waals surface area contributed by atoms with Crippen molar-refractivity contribution in [2.24, 2.45) is 0 Å². The van der Waals surface area contributed by atoms with Crippen LogP contribution in [0.25, 0.3) is 11.3 Å². The van der Waals surface area contributed by atoms with E-state index in [4.69, 9.17) is 4.42 Å².